The van der Waals surface area contributed by atoms with Crippen molar-refractivity contribution in [2.75, 3.05) is 13.7 Å². The lowest BCUT2D eigenvalue weighted by Gasteiger charge is -2.36. The van der Waals surface area contributed by atoms with Crippen molar-refractivity contribution >= 4 is 33.9 Å². The standard InChI is InChI=1S/C22H29BrN2O5/c1-21(2,3)30-20(28)25-12-6-5-7-17(25)18(26)24-22(19(27)29-4)13-16(22)14-8-10-15(23)11-9-14/h8-11,16-17H,5-7,12-13H2,1-4H3,(H,24,26)/t16-,17-,22-/m0/s1. The maximum Gasteiger partial charge on any atom is 0.410 e. The fraction of sp³-hybridized carbons (Fsp3) is 0.591. The van der Waals surface area contributed by atoms with Gasteiger partial charge in [0.05, 0.1) is 7.11 Å². The molecule has 3 rings (SSSR count). The van der Waals surface area contributed by atoms with E-state index in [1.165, 1.54) is 12.0 Å². The minimum absolute atomic E-state index is 0.166. The van der Waals surface area contributed by atoms with Crippen LogP contribution in [0.1, 0.15) is 57.9 Å². The number of hydrogen-bond donors (Lipinski definition) is 1. The van der Waals surface area contributed by atoms with E-state index < -0.39 is 29.2 Å². The number of amides is 2. The molecular formula is C22H29BrN2O5. The number of methoxy groups -OCH3 is 1. The molecule has 1 heterocycles. The third kappa shape index (κ3) is 4.79. The number of piperidine rings is 1. The molecular weight excluding hydrogens is 452 g/mol. The summed E-state index contributed by atoms with van der Waals surface area (Å²) in [6.45, 7) is 5.84. The first-order chi connectivity index (χ1) is 14.1. The average Bonchev–Trinajstić information content (AvgIpc) is 3.41. The Balaban J connectivity index is 1.77. The second-order valence-corrected chi connectivity index (χ2v) is 9.86. The van der Waals surface area contributed by atoms with Crippen LogP contribution in [0.15, 0.2) is 28.7 Å². The summed E-state index contributed by atoms with van der Waals surface area (Å²) in [6.07, 6.45) is 2.14. The van der Waals surface area contributed by atoms with Gasteiger partial charge in [-0.3, -0.25) is 9.69 Å². The van der Waals surface area contributed by atoms with Crippen LogP contribution in [0, 0.1) is 0 Å². The zero-order chi connectivity index (χ0) is 22.1. The molecule has 3 atom stereocenters. The van der Waals surface area contributed by atoms with Gasteiger partial charge in [0.25, 0.3) is 0 Å². The van der Waals surface area contributed by atoms with Crippen LogP contribution in [-0.2, 0) is 19.1 Å². The van der Waals surface area contributed by atoms with Crippen LogP contribution >= 0.6 is 15.9 Å². The van der Waals surface area contributed by atoms with Crippen molar-refractivity contribution in [1.82, 2.24) is 10.2 Å². The Labute approximate surface area is 185 Å². The van der Waals surface area contributed by atoms with Gasteiger partial charge >= 0.3 is 12.1 Å². The molecule has 0 bridgehead atoms. The van der Waals surface area contributed by atoms with Gasteiger partial charge in [-0.25, -0.2) is 9.59 Å². The summed E-state index contributed by atoms with van der Waals surface area (Å²) in [5.74, 6) is -0.977. The summed E-state index contributed by atoms with van der Waals surface area (Å²) in [5.41, 5.74) is -0.792. The third-order valence-corrected chi connectivity index (χ3v) is 6.09. The molecule has 1 aliphatic heterocycles. The molecule has 2 amide bonds. The quantitative estimate of drug-likeness (QED) is 0.663. The highest BCUT2D eigenvalue weighted by Gasteiger charge is 2.63. The largest absolute Gasteiger partial charge is 0.467 e. The molecule has 2 fully saturated rings. The Morgan fingerprint density at radius 3 is 2.43 bits per heavy atom. The van der Waals surface area contributed by atoms with E-state index in [2.05, 4.69) is 21.2 Å². The highest BCUT2D eigenvalue weighted by molar-refractivity contribution is 9.10. The highest BCUT2D eigenvalue weighted by Crippen LogP contribution is 2.52. The van der Waals surface area contributed by atoms with Gasteiger partial charge in [0.1, 0.15) is 17.2 Å². The van der Waals surface area contributed by atoms with Crippen LogP contribution in [0.2, 0.25) is 0 Å². The smallest absolute Gasteiger partial charge is 0.410 e. The first-order valence-corrected chi connectivity index (χ1v) is 11.0. The van der Waals surface area contributed by atoms with Crippen molar-refractivity contribution in [3.8, 4) is 0 Å². The minimum atomic E-state index is -1.10. The van der Waals surface area contributed by atoms with Crippen LogP contribution in [0.4, 0.5) is 4.79 Å². The number of halogens is 1. The maximum absolute atomic E-state index is 13.2. The Morgan fingerprint density at radius 1 is 1.17 bits per heavy atom. The summed E-state index contributed by atoms with van der Waals surface area (Å²) in [6, 6.07) is 7.01. The molecule has 0 aromatic heterocycles. The fourth-order valence-corrected chi connectivity index (χ4v) is 4.27. The lowest BCUT2D eigenvalue weighted by atomic mass is 10.0. The number of likely N-dealkylation sites (tertiary alicyclic amines) is 1. The normalized spacial score (nSPS) is 26.0. The topological polar surface area (TPSA) is 84.9 Å². The third-order valence-electron chi connectivity index (χ3n) is 5.56. The van der Waals surface area contributed by atoms with Gasteiger partial charge in [0, 0.05) is 16.9 Å². The van der Waals surface area contributed by atoms with Crippen molar-refractivity contribution in [1.29, 1.82) is 0 Å². The molecule has 0 radical (unpaired) electrons. The van der Waals surface area contributed by atoms with Crippen molar-refractivity contribution in [2.24, 2.45) is 0 Å². The summed E-state index contributed by atoms with van der Waals surface area (Å²) in [4.78, 5) is 39.9. The van der Waals surface area contributed by atoms with Crippen LogP contribution in [0.5, 0.6) is 0 Å². The molecule has 2 aliphatic rings. The summed E-state index contributed by atoms with van der Waals surface area (Å²) in [5, 5.41) is 2.92. The number of carbonyl (C=O) groups is 3. The molecule has 1 aliphatic carbocycles. The Bertz CT molecular complexity index is 820. The van der Waals surface area contributed by atoms with E-state index in [1.807, 2.05) is 24.3 Å². The number of ether oxygens (including phenoxy) is 2. The molecule has 7 nitrogen and oxygen atoms in total. The van der Waals surface area contributed by atoms with Crippen molar-refractivity contribution in [3.63, 3.8) is 0 Å². The van der Waals surface area contributed by atoms with E-state index >= 15 is 0 Å². The molecule has 8 heteroatoms. The Hall–Kier alpha value is -2.09. The number of hydrogen-bond acceptors (Lipinski definition) is 5. The van der Waals surface area contributed by atoms with Gasteiger partial charge in [-0.1, -0.05) is 28.1 Å². The monoisotopic (exact) mass is 480 g/mol. The van der Waals surface area contributed by atoms with Crippen molar-refractivity contribution in [2.45, 2.75) is 69.6 Å². The Morgan fingerprint density at radius 2 is 1.83 bits per heavy atom. The molecule has 1 aromatic rings. The number of nitrogens with zero attached hydrogens (tertiary/aromatic N) is 1. The predicted octanol–water partition coefficient (Wildman–Crippen LogP) is 3.75. The molecule has 0 unspecified atom stereocenters. The molecule has 1 saturated carbocycles. The maximum atomic E-state index is 13.2. The van der Waals surface area contributed by atoms with E-state index in [1.54, 1.807) is 20.8 Å². The summed E-state index contributed by atoms with van der Waals surface area (Å²) < 4.78 is 11.4. The van der Waals surface area contributed by atoms with E-state index in [0.717, 1.165) is 22.9 Å². The van der Waals surface area contributed by atoms with Crippen molar-refractivity contribution in [3.05, 3.63) is 34.3 Å². The van der Waals surface area contributed by atoms with Gasteiger partial charge in [-0.05, 0) is 64.2 Å². The van der Waals surface area contributed by atoms with E-state index in [0.29, 0.717) is 19.4 Å². The first kappa shape index (κ1) is 22.6. The van der Waals surface area contributed by atoms with Crippen LogP contribution in [0.3, 0.4) is 0 Å². The second-order valence-electron chi connectivity index (χ2n) is 8.95. The SMILES string of the molecule is COC(=O)[C@]1(NC(=O)[C@@H]2CCCCN2C(=O)OC(C)(C)C)C[C@H]1c1ccc(Br)cc1. The lowest BCUT2D eigenvalue weighted by molar-refractivity contribution is -0.147. The fourth-order valence-electron chi connectivity index (χ4n) is 4.00. The van der Waals surface area contributed by atoms with Gasteiger partial charge in [-0.15, -0.1) is 0 Å². The van der Waals surface area contributed by atoms with Gasteiger partial charge in [0.2, 0.25) is 5.91 Å². The van der Waals surface area contributed by atoms with Gasteiger partial charge in [0.15, 0.2) is 0 Å². The minimum Gasteiger partial charge on any atom is -0.467 e. The number of benzene rings is 1. The van der Waals surface area contributed by atoms with Gasteiger partial charge in [-0.2, -0.15) is 0 Å². The zero-order valence-electron chi connectivity index (χ0n) is 17.9. The lowest BCUT2D eigenvalue weighted by Crippen LogP contribution is -2.57. The number of nitrogens with one attached hydrogen (secondary N) is 1. The highest BCUT2D eigenvalue weighted by atomic mass is 79.9. The van der Waals surface area contributed by atoms with Crippen LogP contribution in [0.25, 0.3) is 0 Å². The molecule has 1 N–H and O–H groups in total. The summed E-state index contributed by atoms with van der Waals surface area (Å²) >= 11 is 3.41. The van der Waals surface area contributed by atoms with Crippen LogP contribution in [-0.4, -0.2) is 53.7 Å². The molecule has 1 aromatic carbocycles. The zero-order valence-corrected chi connectivity index (χ0v) is 19.5. The predicted molar refractivity (Wildman–Crippen MR) is 115 cm³/mol. The number of esters is 1. The molecule has 30 heavy (non-hydrogen) atoms. The molecule has 0 spiro atoms. The van der Waals surface area contributed by atoms with Crippen molar-refractivity contribution < 1.29 is 23.9 Å². The van der Waals surface area contributed by atoms with E-state index in [-0.39, 0.29) is 11.8 Å². The average molecular weight is 481 g/mol. The number of carbonyl (C=O) groups excluding carboxylic acids is 3. The van der Waals surface area contributed by atoms with Crippen LogP contribution < -0.4 is 5.32 Å². The first-order valence-electron chi connectivity index (χ1n) is 10.2. The van der Waals surface area contributed by atoms with Gasteiger partial charge < -0.3 is 14.8 Å². The molecule has 164 valence electrons. The summed E-state index contributed by atoms with van der Waals surface area (Å²) in [7, 11) is 1.32. The number of rotatable bonds is 4. The van der Waals surface area contributed by atoms with E-state index in [4.69, 9.17) is 9.47 Å². The van der Waals surface area contributed by atoms with E-state index in [9.17, 15) is 14.4 Å². The second kappa shape index (κ2) is 8.57. The molecule has 1 saturated heterocycles. The Kier molecular flexibility index (Phi) is 6.45.